The van der Waals surface area contributed by atoms with Crippen molar-refractivity contribution in [1.29, 1.82) is 5.26 Å². The zero-order valence-electron chi connectivity index (χ0n) is 20.8. The molecule has 0 atom stereocenters. The molecule has 0 radical (unpaired) electrons. The summed E-state index contributed by atoms with van der Waals surface area (Å²) in [4.78, 5) is 20.8. The number of anilines is 5. The zero-order valence-corrected chi connectivity index (χ0v) is 20.8. The van der Waals surface area contributed by atoms with Gasteiger partial charge in [-0.2, -0.15) is 5.26 Å². The molecule has 1 aromatic heterocycles. The summed E-state index contributed by atoms with van der Waals surface area (Å²) < 4.78 is 5.68. The van der Waals surface area contributed by atoms with Gasteiger partial charge in [-0.05, 0) is 51.4 Å². The predicted octanol–water partition coefficient (Wildman–Crippen LogP) is 3.79. The second kappa shape index (κ2) is 9.84. The number of carbonyl (C=O) groups is 1. The lowest BCUT2D eigenvalue weighted by atomic mass is 9.50. The Morgan fingerprint density at radius 2 is 1.97 bits per heavy atom. The average molecular weight is 476 g/mol. The summed E-state index contributed by atoms with van der Waals surface area (Å²) in [6.07, 6.45) is 6.29. The van der Waals surface area contributed by atoms with E-state index in [0.717, 1.165) is 49.6 Å². The summed E-state index contributed by atoms with van der Waals surface area (Å²) in [5.74, 6) is 1.71. The summed E-state index contributed by atoms with van der Waals surface area (Å²) in [6.45, 7) is 5.18. The number of rotatable bonds is 11. The van der Waals surface area contributed by atoms with Crippen LogP contribution in [0.5, 0.6) is 5.75 Å². The Morgan fingerprint density at radius 3 is 2.54 bits per heavy atom. The van der Waals surface area contributed by atoms with Gasteiger partial charge in [0.05, 0.1) is 35.4 Å². The van der Waals surface area contributed by atoms with Crippen LogP contribution in [-0.2, 0) is 4.79 Å². The third-order valence-corrected chi connectivity index (χ3v) is 6.78. The molecule has 2 aromatic rings. The van der Waals surface area contributed by atoms with Gasteiger partial charge in [0, 0.05) is 44.0 Å². The topological polar surface area (TPSA) is 106 Å². The van der Waals surface area contributed by atoms with Crippen molar-refractivity contribution in [3.8, 4) is 11.8 Å². The molecule has 2 bridgehead atoms. The number of nitrogens with zero attached hydrogens (tertiary/aromatic N) is 4. The van der Waals surface area contributed by atoms with E-state index in [-0.39, 0.29) is 11.4 Å². The highest BCUT2D eigenvalue weighted by atomic mass is 16.5. The van der Waals surface area contributed by atoms with E-state index in [1.165, 1.54) is 6.08 Å². The van der Waals surface area contributed by atoms with Gasteiger partial charge in [-0.15, -0.1) is 0 Å². The van der Waals surface area contributed by atoms with Gasteiger partial charge in [-0.3, -0.25) is 4.79 Å². The van der Waals surface area contributed by atoms with Gasteiger partial charge < -0.3 is 30.5 Å². The number of aromatic nitrogens is 1. The van der Waals surface area contributed by atoms with Crippen molar-refractivity contribution in [2.24, 2.45) is 5.92 Å². The number of hydrogen-bond donors (Lipinski definition) is 3. The Labute approximate surface area is 206 Å². The first kappa shape index (κ1) is 24.4. The molecule has 0 spiro atoms. The SMILES string of the molecule is C=CC(=O)Nc1cc(Nc2cc(NC34CC(C3)C4)c(C#N)cn2)c(OC)cc1N(C)CCN(C)C. The minimum absolute atomic E-state index is 0.132. The lowest BCUT2D eigenvalue weighted by Gasteiger charge is -2.62. The minimum Gasteiger partial charge on any atom is -0.494 e. The molecule has 9 nitrogen and oxygen atoms in total. The maximum atomic E-state index is 12.2. The molecule has 1 amide bonds. The summed E-state index contributed by atoms with van der Waals surface area (Å²) in [7, 11) is 7.61. The van der Waals surface area contributed by atoms with Crippen molar-refractivity contribution in [3.63, 3.8) is 0 Å². The summed E-state index contributed by atoms with van der Waals surface area (Å²) >= 11 is 0. The molecular weight excluding hydrogens is 442 g/mol. The predicted molar refractivity (Wildman–Crippen MR) is 140 cm³/mol. The number of nitrogens with one attached hydrogen (secondary N) is 3. The van der Waals surface area contributed by atoms with E-state index in [4.69, 9.17) is 4.74 Å². The Balaban J connectivity index is 1.64. The van der Waals surface area contributed by atoms with Crippen molar-refractivity contribution in [1.82, 2.24) is 9.88 Å². The van der Waals surface area contributed by atoms with E-state index in [9.17, 15) is 10.1 Å². The second-order valence-corrected chi connectivity index (χ2v) is 9.72. The Bertz CT molecular complexity index is 1150. The van der Waals surface area contributed by atoms with Crippen LogP contribution in [0.25, 0.3) is 0 Å². The van der Waals surface area contributed by atoms with E-state index in [1.54, 1.807) is 13.3 Å². The molecule has 0 saturated heterocycles. The quantitative estimate of drug-likeness (QED) is 0.422. The standard InChI is InChI=1S/C26H33N7O2/c1-6-25(34)30-20-9-21(23(35-5)11-22(20)33(4)8-7-32(2)3)29-24-10-19(18(15-27)16-28-24)31-26-12-17(13-26)14-26/h6,9-11,16-17H,1,7-8,12-14H2,2-5H3,(H,30,34)(H2,28,29,31). The van der Waals surface area contributed by atoms with Gasteiger partial charge in [0.25, 0.3) is 0 Å². The summed E-state index contributed by atoms with van der Waals surface area (Å²) in [5, 5.41) is 19.3. The van der Waals surface area contributed by atoms with Crippen LogP contribution in [0.1, 0.15) is 24.8 Å². The maximum absolute atomic E-state index is 12.2. The van der Waals surface area contributed by atoms with Crippen molar-refractivity contribution < 1.29 is 9.53 Å². The summed E-state index contributed by atoms with van der Waals surface area (Å²) in [6, 6.07) is 7.81. The molecule has 5 rings (SSSR count). The van der Waals surface area contributed by atoms with Crippen LogP contribution in [-0.4, -0.2) is 62.7 Å². The van der Waals surface area contributed by atoms with Crippen molar-refractivity contribution in [3.05, 3.63) is 42.6 Å². The van der Waals surface area contributed by atoms with Crippen LogP contribution < -0.4 is 25.6 Å². The highest BCUT2D eigenvalue weighted by Gasteiger charge is 2.56. The summed E-state index contributed by atoms with van der Waals surface area (Å²) in [5.41, 5.74) is 3.52. The fraction of sp³-hybridized carbons (Fsp3) is 0.423. The van der Waals surface area contributed by atoms with Crippen LogP contribution in [0.3, 0.4) is 0 Å². The Kier molecular flexibility index (Phi) is 6.85. The normalized spacial score (nSPS) is 19.6. The molecule has 9 heteroatoms. The monoisotopic (exact) mass is 475 g/mol. The first-order valence-corrected chi connectivity index (χ1v) is 11.7. The van der Waals surface area contributed by atoms with Crippen LogP contribution in [0.4, 0.5) is 28.6 Å². The number of pyridine rings is 1. The fourth-order valence-electron chi connectivity index (χ4n) is 4.68. The minimum atomic E-state index is -0.301. The number of hydrogen-bond acceptors (Lipinski definition) is 8. The fourth-order valence-corrected chi connectivity index (χ4v) is 4.68. The third kappa shape index (κ3) is 5.17. The van der Waals surface area contributed by atoms with Gasteiger partial charge in [0.2, 0.25) is 5.91 Å². The van der Waals surface area contributed by atoms with Crippen LogP contribution >= 0.6 is 0 Å². The molecule has 3 aliphatic carbocycles. The van der Waals surface area contributed by atoms with Crippen LogP contribution in [0, 0.1) is 17.2 Å². The highest BCUT2D eigenvalue weighted by Crippen LogP contribution is 2.58. The number of benzene rings is 1. The first-order valence-electron chi connectivity index (χ1n) is 11.7. The van der Waals surface area contributed by atoms with Crippen LogP contribution in [0.2, 0.25) is 0 Å². The molecule has 0 unspecified atom stereocenters. The van der Waals surface area contributed by atoms with Crippen LogP contribution in [0.15, 0.2) is 37.1 Å². The van der Waals surface area contributed by atoms with E-state index in [2.05, 4.69) is 43.4 Å². The Hall–Kier alpha value is -3.77. The second-order valence-electron chi connectivity index (χ2n) is 9.72. The highest BCUT2D eigenvalue weighted by molar-refractivity contribution is 6.02. The molecule has 3 fully saturated rings. The van der Waals surface area contributed by atoms with E-state index in [0.29, 0.717) is 28.5 Å². The van der Waals surface area contributed by atoms with E-state index < -0.39 is 0 Å². The Morgan fingerprint density at radius 1 is 1.23 bits per heavy atom. The lowest BCUT2D eigenvalue weighted by molar-refractivity contribution is -0.111. The van der Waals surface area contributed by atoms with Crippen molar-refractivity contribution in [2.45, 2.75) is 24.8 Å². The third-order valence-electron chi connectivity index (χ3n) is 6.78. The van der Waals surface area contributed by atoms with Gasteiger partial charge in [-0.1, -0.05) is 6.58 Å². The maximum Gasteiger partial charge on any atom is 0.247 e. The van der Waals surface area contributed by atoms with Gasteiger partial charge >= 0.3 is 0 Å². The number of ether oxygens (including phenoxy) is 1. The molecule has 1 aromatic carbocycles. The first-order chi connectivity index (χ1) is 16.8. The number of likely N-dealkylation sites (N-methyl/N-ethyl adjacent to an activating group) is 2. The van der Waals surface area contributed by atoms with Crippen molar-refractivity contribution >= 4 is 34.5 Å². The van der Waals surface area contributed by atoms with Gasteiger partial charge in [0.1, 0.15) is 17.6 Å². The molecule has 1 heterocycles. The largest absolute Gasteiger partial charge is 0.494 e. The van der Waals surface area contributed by atoms with E-state index >= 15 is 0 Å². The molecule has 184 valence electrons. The molecular formula is C26H33N7O2. The smallest absolute Gasteiger partial charge is 0.247 e. The number of nitriles is 1. The molecule has 35 heavy (non-hydrogen) atoms. The van der Waals surface area contributed by atoms with Gasteiger partial charge in [-0.25, -0.2) is 4.98 Å². The molecule has 3 N–H and O–H groups in total. The lowest BCUT2D eigenvalue weighted by Crippen LogP contribution is -2.63. The molecule has 0 aliphatic heterocycles. The van der Waals surface area contributed by atoms with Crippen molar-refractivity contribution in [2.75, 3.05) is 62.2 Å². The van der Waals surface area contributed by atoms with Gasteiger partial charge in [0.15, 0.2) is 0 Å². The molecule has 3 aliphatic rings. The number of carbonyl (C=O) groups excluding carboxylic acids is 1. The molecule has 3 saturated carbocycles. The van der Waals surface area contributed by atoms with E-state index in [1.807, 2.05) is 39.3 Å². The number of amides is 1. The average Bonchev–Trinajstić information content (AvgIpc) is 2.79. The zero-order chi connectivity index (χ0) is 25.2. The number of methoxy groups -OCH3 is 1.